The van der Waals surface area contributed by atoms with Crippen LogP contribution in [0.3, 0.4) is 0 Å². The van der Waals surface area contributed by atoms with E-state index < -0.39 is 0 Å². The molecule has 2 aliphatic rings. The Morgan fingerprint density at radius 1 is 1.26 bits per heavy atom. The summed E-state index contributed by atoms with van der Waals surface area (Å²) >= 11 is 0. The van der Waals surface area contributed by atoms with Gasteiger partial charge in [0.25, 0.3) is 0 Å². The van der Waals surface area contributed by atoms with Crippen molar-refractivity contribution in [2.24, 2.45) is 17.3 Å². The second-order valence-corrected chi connectivity index (χ2v) is 7.74. The summed E-state index contributed by atoms with van der Waals surface area (Å²) < 4.78 is 0. The maximum Gasteiger partial charge on any atom is 0.0105 e. The minimum absolute atomic E-state index is 0.554. The largest absolute Gasteiger partial charge is 0.317 e. The average Bonchev–Trinajstić information content (AvgIpc) is 2.38. The van der Waals surface area contributed by atoms with Crippen molar-refractivity contribution >= 4 is 0 Å². The molecule has 1 aliphatic carbocycles. The lowest BCUT2D eigenvalue weighted by Gasteiger charge is -2.44. The third-order valence-electron chi connectivity index (χ3n) is 5.56. The standard InChI is InChI=1S/C17H34N2/c1-5-14-7-6-10-19(12-14)13-15-11-17(2,3)9-8-16(15)18-4/h14-16,18H,5-13H2,1-4H3. The van der Waals surface area contributed by atoms with Crippen LogP contribution >= 0.6 is 0 Å². The molecule has 0 bridgehead atoms. The van der Waals surface area contributed by atoms with E-state index in [1.165, 1.54) is 58.2 Å². The van der Waals surface area contributed by atoms with E-state index in [-0.39, 0.29) is 0 Å². The van der Waals surface area contributed by atoms with Crippen molar-refractivity contribution in [2.45, 2.75) is 65.3 Å². The quantitative estimate of drug-likeness (QED) is 0.837. The highest BCUT2D eigenvalue weighted by atomic mass is 15.1. The van der Waals surface area contributed by atoms with Gasteiger partial charge in [0, 0.05) is 19.1 Å². The maximum atomic E-state index is 3.58. The van der Waals surface area contributed by atoms with E-state index >= 15 is 0 Å². The van der Waals surface area contributed by atoms with Crippen molar-refractivity contribution in [3.05, 3.63) is 0 Å². The topological polar surface area (TPSA) is 15.3 Å². The van der Waals surface area contributed by atoms with Crippen LogP contribution in [0.5, 0.6) is 0 Å². The van der Waals surface area contributed by atoms with Crippen LogP contribution < -0.4 is 5.32 Å². The smallest absolute Gasteiger partial charge is 0.0105 e. The van der Waals surface area contributed by atoms with Crippen LogP contribution in [0.2, 0.25) is 0 Å². The lowest BCUT2D eigenvalue weighted by molar-refractivity contribution is 0.0811. The number of nitrogens with one attached hydrogen (secondary N) is 1. The van der Waals surface area contributed by atoms with Gasteiger partial charge in [0.05, 0.1) is 0 Å². The fraction of sp³-hybridized carbons (Fsp3) is 1.00. The van der Waals surface area contributed by atoms with Gasteiger partial charge in [0.2, 0.25) is 0 Å². The first kappa shape index (κ1) is 15.3. The van der Waals surface area contributed by atoms with E-state index in [9.17, 15) is 0 Å². The van der Waals surface area contributed by atoms with E-state index in [0.29, 0.717) is 5.41 Å². The molecule has 0 spiro atoms. The summed E-state index contributed by atoms with van der Waals surface area (Å²) in [7, 11) is 2.15. The molecule has 2 fully saturated rings. The Kier molecular flexibility index (Phi) is 5.30. The summed E-state index contributed by atoms with van der Waals surface area (Å²) in [5, 5.41) is 3.58. The van der Waals surface area contributed by atoms with Crippen LogP contribution in [0.15, 0.2) is 0 Å². The molecule has 2 rings (SSSR count). The van der Waals surface area contributed by atoms with Crippen LogP contribution in [0.4, 0.5) is 0 Å². The molecule has 1 N–H and O–H groups in total. The Labute approximate surface area is 120 Å². The zero-order valence-corrected chi connectivity index (χ0v) is 13.5. The molecule has 112 valence electrons. The molecular weight excluding hydrogens is 232 g/mol. The van der Waals surface area contributed by atoms with Crippen molar-refractivity contribution in [3.63, 3.8) is 0 Å². The van der Waals surface area contributed by atoms with Gasteiger partial charge in [-0.2, -0.15) is 0 Å². The molecule has 3 unspecified atom stereocenters. The summed E-state index contributed by atoms with van der Waals surface area (Å²) in [5.74, 6) is 1.81. The molecule has 0 amide bonds. The lowest BCUT2D eigenvalue weighted by Crippen LogP contribution is -2.48. The number of piperidine rings is 1. The zero-order chi connectivity index (χ0) is 13.9. The Bertz CT molecular complexity index is 274. The Hall–Kier alpha value is -0.0800. The molecule has 1 saturated carbocycles. The van der Waals surface area contributed by atoms with E-state index in [2.05, 4.69) is 38.0 Å². The van der Waals surface area contributed by atoms with Gasteiger partial charge >= 0.3 is 0 Å². The van der Waals surface area contributed by atoms with Crippen LogP contribution in [-0.2, 0) is 0 Å². The Balaban J connectivity index is 1.91. The number of likely N-dealkylation sites (tertiary alicyclic amines) is 1. The molecule has 0 aromatic carbocycles. The van der Waals surface area contributed by atoms with Crippen molar-refractivity contribution in [1.29, 1.82) is 0 Å². The first-order valence-corrected chi connectivity index (χ1v) is 8.43. The minimum Gasteiger partial charge on any atom is -0.317 e. The Morgan fingerprint density at radius 3 is 2.74 bits per heavy atom. The molecule has 0 aromatic heterocycles. The molecule has 3 atom stereocenters. The van der Waals surface area contributed by atoms with E-state index in [4.69, 9.17) is 0 Å². The fourth-order valence-corrected chi connectivity index (χ4v) is 4.29. The van der Waals surface area contributed by atoms with E-state index in [1.54, 1.807) is 0 Å². The minimum atomic E-state index is 0.554. The summed E-state index contributed by atoms with van der Waals surface area (Å²) in [6.45, 7) is 11.3. The van der Waals surface area contributed by atoms with Crippen molar-refractivity contribution in [3.8, 4) is 0 Å². The number of hydrogen-bond acceptors (Lipinski definition) is 2. The molecule has 2 nitrogen and oxygen atoms in total. The van der Waals surface area contributed by atoms with Gasteiger partial charge in [-0.25, -0.2) is 0 Å². The van der Waals surface area contributed by atoms with Crippen LogP contribution in [-0.4, -0.2) is 37.6 Å². The summed E-state index contributed by atoms with van der Waals surface area (Å²) in [6.07, 6.45) is 8.37. The second-order valence-electron chi connectivity index (χ2n) is 7.74. The van der Waals surface area contributed by atoms with Crippen molar-refractivity contribution in [2.75, 3.05) is 26.7 Å². The van der Waals surface area contributed by atoms with Gasteiger partial charge in [-0.15, -0.1) is 0 Å². The Morgan fingerprint density at radius 2 is 2.05 bits per heavy atom. The summed E-state index contributed by atoms with van der Waals surface area (Å²) in [5.41, 5.74) is 0.554. The first-order chi connectivity index (χ1) is 9.04. The predicted molar refractivity (Wildman–Crippen MR) is 83.4 cm³/mol. The molecule has 1 heterocycles. The third-order valence-corrected chi connectivity index (χ3v) is 5.56. The van der Waals surface area contributed by atoms with Crippen molar-refractivity contribution < 1.29 is 0 Å². The zero-order valence-electron chi connectivity index (χ0n) is 13.5. The first-order valence-electron chi connectivity index (χ1n) is 8.43. The average molecular weight is 266 g/mol. The van der Waals surface area contributed by atoms with Crippen LogP contribution in [0.25, 0.3) is 0 Å². The molecule has 1 aliphatic heterocycles. The monoisotopic (exact) mass is 266 g/mol. The summed E-state index contributed by atoms with van der Waals surface area (Å²) in [6, 6.07) is 0.745. The fourth-order valence-electron chi connectivity index (χ4n) is 4.29. The van der Waals surface area contributed by atoms with E-state index in [1.807, 2.05) is 0 Å². The second kappa shape index (κ2) is 6.58. The van der Waals surface area contributed by atoms with Gasteiger partial charge in [0.1, 0.15) is 0 Å². The molecule has 19 heavy (non-hydrogen) atoms. The molecular formula is C17H34N2. The van der Waals surface area contributed by atoms with Gasteiger partial charge in [-0.05, 0) is 62.9 Å². The molecule has 0 aromatic rings. The van der Waals surface area contributed by atoms with Crippen LogP contribution in [0.1, 0.15) is 59.3 Å². The van der Waals surface area contributed by atoms with Gasteiger partial charge in [-0.1, -0.05) is 27.2 Å². The molecule has 1 saturated heterocycles. The van der Waals surface area contributed by atoms with Gasteiger partial charge < -0.3 is 10.2 Å². The summed E-state index contributed by atoms with van der Waals surface area (Å²) in [4.78, 5) is 2.76. The molecule has 0 radical (unpaired) electrons. The highest BCUT2D eigenvalue weighted by Crippen LogP contribution is 2.39. The van der Waals surface area contributed by atoms with Gasteiger partial charge in [0.15, 0.2) is 0 Å². The third kappa shape index (κ3) is 4.19. The highest BCUT2D eigenvalue weighted by Gasteiger charge is 2.35. The number of rotatable bonds is 4. The molecule has 2 heteroatoms. The van der Waals surface area contributed by atoms with Crippen molar-refractivity contribution in [1.82, 2.24) is 10.2 Å². The normalized spacial score (nSPS) is 36.3. The number of nitrogens with zero attached hydrogens (tertiary/aromatic N) is 1. The number of hydrogen-bond donors (Lipinski definition) is 1. The van der Waals surface area contributed by atoms with Gasteiger partial charge in [-0.3, -0.25) is 0 Å². The maximum absolute atomic E-state index is 3.58. The SMILES string of the molecule is CCC1CCCN(CC2CC(C)(C)CCC2NC)C1. The lowest BCUT2D eigenvalue weighted by atomic mass is 9.69. The van der Waals surface area contributed by atoms with E-state index in [0.717, 1.165) is 17.9 Å². The highest BCUT2D eigenvalue weighted by molar-refractivity contribution is 4.90. The predicted octanol–water partition coefficient (Wildman–Crippen LogP) is 3.52. The van der Waals surface area contributed by atoms with Crippen LogP contribution in [0, 0.1) is 17.3 Å².